The average Bonchev–Trinajstić information content (AvgIpc) is 2.36. The number of pyridine rings is 1. The summed E-state index contributed by atoms with van der Waals surface area (Å²) in [6.07, 6.45) is -9.51. The van der Waals surface area contributed by atoms with Crippen molar-refractivity contribution in [2.45, 2.75) is 12.4 Å². The smallest absolute Gasteiger partial charge is 0.243 e. The van der Waals surface area contributed by atoms with Gasteiger partial charge in [-0.25, -0.2) is 4.98 Å². The van der Waals surface area contributed by atoms with Crippen molar-refractivity contribution < 1.29 is 26.3 Å². The van der Waals surface area contributed by atoms with Gasteiger partial charge in [0.1, 0.15) is 5.69 Å². The molecule has 0 radical (unpaired) electrons. The highest BCUT2D eigenvalue weighted by molar-refractivity contribution is 6.30. The molecule has 0 atom stereocenters. The van der Waals surface area contributed by atoms with Crippen LogP contribution in [0.4, 0.5) is 26.3 Å². The van der Waals surface area contributed by atoms with E-state index in [0.29, 0.717) is 6.07 Å². The Morgan fingerprint density at radius 2 is 1.48 bits per heavy atom. The largest absolute Gasteiger partial charge is 0.433 e. The predicted octanol–water partition coefficient (Wildman–Crippen LogP) is 5.44. The lowest BCUT2D eigenvalue weighted by atomic mass is 10.0. The maximum absolute atomic E-state index is 12.9. The van der Waals surface area contributed by atoms with E-state index in [1.165, 1.54) is 6.07 Å². The summed E-state index contributed by atoms with van der Waals surface area (Å²) in [5.74, 6) is 0. The number of halogens is 7. The molecule has 1 heterocycles. The molecule has 0 aliphatic carbocycles. The molecule has 21 heavy (non-hydrogen) atoms. The first-order valence-corrected chi connectivity index (χ1v) is 5.88. The van der Waals surface area contributed by atoms with Gasteiger partial charge in [0, 0.05) is 10.6 Å². The normalized spacial score (nSPS) is 12.5. The van der Waals surface area contributed by atoms with Gasteiger partial charge in [-0.1, -0.05) is 29.8 Å². The third kappa shape index (κ3) is 3.47. The third-order valence-corrected chi connectivity index (χ3v) is 2.81. The first-order valence-electron chi connectivity index (χ1n) is 5.50. The number of hydrogen-bond donors (Lipinski definition) is 0. The molecule has 8 heteroatoms. The quantitative estimate of drug-likeness (QED) is 0.636. The van der Waals surface area contributed by atoms with Crippen LogP contribution >= 0.6 is 11.6 Å². The minimum absolute atomic E-state index is 0.343. The van der Waals surface area contributed by atoms with Crippen LogP contribution in [-0.4, -0.2) is 4.98 Å². The summed E-state index contributed by atoms with van der Waals surface area (Å²) in [5.41, 5.74) is -3.37. The van der Waals surface area contributed by atoms with Crippen LogP contribution in [-0.2, 0) is 12.4 Å². The van der Waals surface area contributed by atoms with Gasteiger partial charge in [-0.05, 0) is 18.2 Å². The predicted molar refractivity (Wildman–Crippen MR) is 64.7 cm³/mol. The Kier molecular flexibility index (Phi) is 3.88. The number of hydrogen-bond acceptors (Lipinski definition) is 1. The van der Waals surface area contributed by atoms with Gasteiger partial charge < -0.3 is 0 Å². The second-order valence-corrected chi connectivity index (χ2v) is 4.53. The van der Waals surface area contributed by atoms with Crippen LogP contribution in [0.15, 0.2) is 36.4 Å². The maximum atomic E-state index is 12.9. The molecule has 0 saturated carbocycles. The molecule has 0 aliphatic heterocycles. The Balaban J connectivity index is 2.66. The number of nitrogens with zero attached hydrogens (tertiary/aromatic N) is 1. The molecule has 1 aromatic heterocycles. The number of alkyl halides is 6. The van der Waals surface area contributed by atoms with E-state index in [0.717, 1.165) is 24.3 Å². The Morgan fingerprint density at radius 3 is 2.05 bits per heavy atom. The van der Waals surface area contributed by atoms with Gasteiger partial charge in [0.05, 0.1) is 11.3 Å². The second kappa shape index (κ2) is 5.22. The highest BCUT2D eigenvalue weighted by Gasteiger charge is 2.36. The summed E-state index contributed by atoms with van der Waals surface area (Å²) < 4.78 is 76.6. The first kappa shape index (κ1) is 15.6. The Bertz CT molecular complexity index is 662. The van der Waals surface area contributed by atoms with E-state index < -0.39 is 34.9 Å². The molecule has 0 unspecified atom stereocenters. The lowest BCUT2D eigenvalue weighted by molar-refractivity contribution is -0.141. The van der Waals surface area contributed by atoms with Crippen molar-refractivity contribution >= 4 is 11.6 Å². The Morgan fingerprint density at radius 1 is 0.857 bits per heavy atom. The zero-order chi connectivity index (χ0) is 15.8. The van der Waals surface area contributed by atoms with Gasteiger partial charge in [0.2, 0.25) is 0 Å². The molecule has 112 valence electrons. The molecule has 2 aromatic rings. The summed E-state index contributed by atoms with van der Waals surface area (Å²) in [5, 5.41) is -0.343. The molecular formula is C13H6ClF6N. The summed E-state index contributed by atoms with van der Waals surface area (Å²) in [7, 11) is 0. The van der Waals surface area contributed by atoms with Crippen LogP contribution in [0.5, 0.6) is 0 Å². The summed E-state index contributed by atoms with van der Waals surface area (Å²) in [6, 6.07) is 5.75. The van der Waals surface area contributed by atoms with Gasteiger partial charge in [0.25, 0.3) is 0 Å². The van der Waals surface area contributed by atoms with E-state index in [-0.39, 0.29) is 5.02 Å². The molecule has 0 N–H and O–H groups in total. The van der Waals surface area contributed by atoms with Crippen molar-refractivity contribution in [1.82, 2.24) is 4.98 Å². The molecular weight excluding hydrogens is 320 g/mol. The van der Waals surface area contributed by atoms with Crippen molar-refractivity contribution in [3.05, 3.63) is 52.7 Å². The van der Waals surface area contributed by atoms with Crippen molar-refractivity contribution in [1.29, 1.82) is 0 Å². The molecule has 0 aliphatic rings. The molecule has 1 aromatic carbocycles. The van der Waals surface area contributed by atoms with Crippen LogP contribution in [0.2, 0.25) is 5.02 Å². The highest BCUT2D eigenvalue weighted by atomic mass is 35.5. The zero-order valence-corrected chi connectivity index (χ0v) is 10.8. The SMILES string of the molecule is FC(F)(F)c1cc(Cl)cc(-c2ccccc2C(F)(F)F)n1. The fraction of sp³-hybridized carbons (Fsp3) is 0.154. The summed E-state index contributed by atoms with van der Waals surface area (Å²) in [4.78, 5) is 3.24. The lowest BCUT2D eigenvalue weighted by Gasteiger charge is -2.14. The first-order chi connectivity index (χ1) is 9.59. The average molecular weight is 326 g/mol. The van der Waals surface area contributed by atoms with E-state index in [9.17, 15) is 26.3 Å². The molecule has 0 fully saturated rings. The van der Waals surface area contributed by atoms with Gasteiger partial charge in [-0.3, -0.25) is 0 Å². The third-order valence-electron chi connectivity index (χ3n) is 2.59. The Hall–Kier alpha value is -1.76. The van der Waals surface area contributed by atoms with E-state index in [2.05, 4.69) is 4.98 Å². The molecule has 2 rings (SSSR count). The van der Waals surface area contributed by atoms with Crippen LogP contribution in [0.25, 0.3) is 11.3 Å². The van der Waals surface area contributed by atoms with Crippen LogP contribution < -0.4 is 0 Å². The standard InChI is InChI=1S/C13H6ClF6N/c14-7-5-10(21-11(6-7)13(18,19)20)8-3-1-2-4-9(8)12(15,16)17/h1-6H. The van der Waals surface area contributed by atoms with E-state index >= 15 is 0 Å². The van der Waals surface area contributed by atoms with Gasteiger partial charge >= 0.3 is 12.4 Å². The summed E-state index contributed by atoms with van der Waals surface area (Å²) >= 11 is 5.55. The summed E-state index contributed by atoms with van der Waals surface area (Å²) in [6.45, 7) is 0. The fourth-order valence-corrected chi connectivity index (χ4v) is 1.94. The molecule has 0 bridgehead atoms. The van der Waals surface area contributed by atoms with Crippen molar-refractivity contribution in [2.75, 3.05) is 0 Å². The number of rotatable bonds is 1. The lowest BCUT2D eigenvalue weighted by Crippen LogP contribution is -2.10. The molecule has 1 nitrogen and oxygen atoms in total. The van der Waals surface area contributed by atoms with Crippen molar-refractivity contribution in [2.24, 2.45) is 0 Å². The molecule has 0 amide bonds. The van der Waals surface area contributed by atoms with Crippen LogP contribution in [0, 0.1) is 0 Å². The van der Waals surface area contributed by atoms with Gasteiger partial charge in [-0.2, -0.15) is 26.3 Å². The van der Waals surface area contributed by atoms with Crippen LogP contribution in [0.3, 0.4) is 0 Å². The number of aromatic nitrogens is 1. The van der Waals surface area contributed by atoms with E-state index in [1.54, 1.807) is 0 Å². The van der Waals surface area contributed by atoms with E-state index in [1.807, 2.05) is 0 Å². The topological polar surface area (TPSA) is 12.9 Å². The van der Waals surface area contributed by atoms with Crippen molar-refractivity contribution in [3.8, 4) is 11.3 Å². The monoisotopic (exact) mass is 325 g/mol. The van der Waals surface area contributed by atoms with Crippen LogP contribution in [0.1, 0.15) is 11.3 Å². The minimum Gasteiger partial charge on any atom is -0.243 e. The number of benzene rings is 1. The van der Waals surface area contributed by atoms with Gasteiger partial charge in [0.15, 0.2) is 0 Å². The maximum Gasteiger partial charge on any atom is 0.433 e. The van der Waals surface area contributed by atoms with Gasteiger partial charge in [-0.15, -0.1) is 0 Å². The Labute approximate surface area is 120 Å². The van der Waals surface area contributed by atoms with Crippen molar-refractivity contribution in [3.63, 3.8) is 0 Å². The van der Waals surface area contributed by atoms with E-state index in [4.69, 9.17) is 11.6 Å². The molecule has 0 spiro atoms. The zero-order valence-electron chi connectivity index (χ0n) is 10.1. The fourth-order valence-electron chi connectivity index (χ4n) is 1.73. The minimum atomic E-state index is -4.80. The highest BCUT2D eigenvalue weighted by Crippen LogP contribution is 2.38. The second-order valence-electron chi connectivity index (χ2n) is 4.10. The molecule has 0 saturated heterocycles.